The number of dihydropyridines is 1. The van der Waals surface area contributed by atoms with Crippen LogP contribution in [0.3, 0.4) is 0 Å². The van der Waals surface area contributed by atoms with Crippen LogP contribution in [0, 0.1) is 10.1 Å². The second kappa shape index (κ2) is 11.1. The smallest absolute Gasteiger partial charge is 0.336 e. The highest BCUT2D eigenvalue weighted by molar-refractivity contribution is 6.30. The van der Waals surface area contributed by atoms with Gasteiger partial charge in [-0.25, -0.2) is 4.79 Å². The number of nitro groups is 1. The molecule has 8 nitrogen and oxygen atoms in total. The summed E-state index contributed by atoms with van der Waals surface area (Å²) in [6.07, 6.45) is 0.803. The minimum absolute atomic E-state index is 0.0562. The number of benzene rings is 2. The molecule has 2 aromatic carbocycles. The molecule has 1 aliphatic carbocycles. The molecule has 36 heavy (non-hydrogen) atoms. The molecule has 188 valence electrons. The molecule has 9 heteroatoms. The van der Waals surface area contributed by atoms with Gasteiger partial charge in [-0.15, -0.1) is 0 Å². The van der Waals surface area contributed by atoms with E-state index < -0.39 is 16.8 Å². The molecule has 4 rings (SSSR count). The van der Waals surface area contributed by atoms with E-state index in [0.717, 1.165) is 5.56 Å². The van der Waals surface area contributed by atoms with Crippen LogP contribution in [-0.2, 0) is 19.1 Å². The number of nitro benzene ring substituents is 1. The molecule has 2 aromatic rings. The number of hydrogen-bond donors (Lipinski definition) is 1. The zero-order valence-corrected chi connectivity index (χ0v) is 20.8. The fourth-order valence-corrected chi connectivity index (χ4v) is 4.97. The van der Waals surface area contributed by atoms with Crippen molar-refractivity contribution in [1.82, 2.24) is 5.32 Å². The Morgan fingerprint density at radius 2 is 1.89 bits per heavy atom. The van der Waals surface area contributed by atoms with Crippen LogP contribution in [0.4, 0.5) is 5.69 Å². The van der Waals surface area contributed by atoms with Gasteiger partial charge in [0, 0.05) is 53.1 Å². The van der Waals surface area contributed by atoms with Crippen molar-refractivity contribution in [2.45, 2.75) is 38.5 Å². The summed E-state index contributed by atoms with van der Waals surface area (Å²) in [6.45, 7) is 4.40. The Balaban J connectivity index is 1.74. The van der Waals surface area contributed by atoms with Crippen molar-refractivity contribution < 1.29 is 24.0 Å². The molecule has 0 saturated carbocycles. The van der Waals surface area contributed by atoms with Crippen LogP contribution in [0.1, 0.15) is 49.7 Å². The second-order valence-electron chi connectivity index (χ2n) is 8.75. The Hall–Kier alpha value is -3.49. The number of esters is 1. The number of carbonyl (C=O) groups excluding carboxylic acids is 2. The van der Waals surface area contributed by atoms with Gasteiger partial charge in [0.25, 0.3) is 5.69 Å². The van der Waals surface area contributed by atoms with E-state index in [1.54, 1.807) is 31.2 Å². The van der Waals surface area contributed by atoms with Crippen molar-refractivity contribution >= 4 is 29.0 Å². The van der Waals surface area contributed by atoms with Gasteiger partial charge in [0.1, 0.15) is 6.61 Å². The summed E-state index contributed by atoms with van der Waals surface area (Å²) in [5.41, 5.74) is 3.36. The molecule has 0 radical (unpaired) electrons. The van der Waals surface area contributed by atoms with E-state index in [-0.39, 0.29) is 42.6 Å². The maximum atomic E-state index is 13.6. The van der Waals surface area contributed by atoms with Gasteiger partial charge in [-0.05, 0) is 49.4 Å². The van der Waals surface area contributed by atoms with Crippen LogP contribution in [0.15, 0.2) is 71.1 Å². The Labute approximate surface area is 214 Å². The summed E-state index contributed by atoms with van der Waals surface area (Å²) < 4.78 is 10.7. The molecule has 1 aliphatic heterocycles. The van der Waals surface area contributed by atoms with Gasteiger partial charge >= 0.3 is 5.97 Å². The summed E-state index contributed by atoms with van der Waals surface area (Å²) >= 11 is 6.04. The van der Waals surface area contributed by atoms with Crippen LogP contribution in [0.25, 0.3) is 0 Å². The minimum Gasteiger partial charge on any atom is -0.460 e. The Bertz CT molecular complexity index is 1250. The molecular weight excluding hydrogens is 484 g/mol. The molecule has 0 unspecified atom stereocenters. The summed E-state index contributed by atoms with van der Waals surface area (Å²) in [6, 6.07) is 13.5. The van der Waals surface area contributed by atoms with Gasteiger partial charge in [0.2, 0.25) is 0 Å². The number of Topliss-reactive ketones (excluding diaryl/α,β-unsaturated/α-hetero) is 1. The van der Waals surface area contributed by atoms with E-state index in [0.29, 0.717) is 40.6 Å². The van der Waals surface area contributed by atoms with E-state index in [1.165, 1.54) is 12.1 Å². The molecule has 1 heterocycles. The zero-order valence-electron chi connectivity index (χ0n) is 20.1. The predicted octanol–water partition coefficient (Wildman–Crippen LogP) is 5.19. The number of hydrogen-bond acceptors (Lipinski definition) is 7. The number of ether oxygens (including phenoxy) is 2. The summed E-state index contributed by atoms with van der Waals surface area (Å²) in [7, 11) is 0. The Morgan fingerprint density at radius 1 is 1.14 bits per heavy atom. The Morgan fingerprint density at radius 3 is 2.58 bits per heavy atom. The number of rotatable bonds is 8. The fourth-order valence-electron chi connectivity index (χ4n) is 4.85. The molecule has 0 saturated heterocycles. The van der Waals surface area contributed by atoms with E-state index >= 15 is 0 Å². The summed E-state index contributed by atoms with van der Waals surface area (Å²) in [5.74, 6) is -1.54. The molecule has 0 fully saturated rings. The number of carbonyl (C=O) groups is 2. The topological polar surface area (TPSA) is 108 Å². The number of non-ortho nitro benzene ring substituents is 1. The normalized spacial score (nSPS) is 19.6. The van der Waals surface area contributed by atoms with E-state index in [9.17, 15) is 19.7 Å². The maximum absolute atomic E-state index is 13.6. The first-order chi connectivity index (χ1) is 17.3. The molecule has 2 aliphatic rings. The number of allylic oxidation sites excluding steroid dienone is 3. The van der Waals surface area contributed by atoms with Crippen LogP contribution >= 0.6 is 11.6 Å². The largest absolute Gasteiger partial charge is 0.460 e. The predicted molar refractivity (Wildman–Crippen MR) is 135 cm³/mol. The van der Waals surface area contributed by atoms with Crippen molar-refractivity contribution in [3.05, 3.63) is 97.3 Å². The van der Waals surface area contributed by atoms with E-state index in [2.05, 4.69) is 5.32 Å². The van der Waals surface area contributed by atoms with Gasteiger partial charge in [-0.1, -0.05) is 35.9 Å². The SMILES string of the molecule is CCOCCOC(=O)C1=C(C)NC2=C(C(=O)C[C@H](c3ccc(Cl)cc3)C2)[C@@H]1c1cccc([N+](=O)[O-])c1. The number of nitrogens with one attached hydrogen (secondary N) is 1. The monoisotopic (exact) mass is 510 g/mol. The first-order valence-corrected chi connectivity index (χ1v) is 12.2. The van der Waals surface area contributed by atoms with Crippen molar-refractivity contribution in [2.24, 2.45) is 0 Å². The first kappa shape index (κ1) is 25.6. The van der Waals surface area contributed by atoms with Crippen LogP contribution < -0.4 is 5.32 Å². The average molecular weight is 511 g/mol. The number of nitrogens with zero attached hydrogens (tertiary/aromatic N) is 1. The summed E-state index contributed by atoms with van der Waals surface area (Å²) in [5, 5.41) is 15.4. The fraction of sp³-hybridized carbons (Fsp3) is 0.333. The third-order valence-corrected chi connectivity index (χ3v) is 6.72. The third kappa shape index (κ3) is 5.34. The van der Waals surface area contributed by atoms with Crippen molar-refractivity contribution in [2.75, 3.05) is 19.8 Å². The lowest BCUT2D eigenvalue weighted by molar-refractivity contribution is -0.384. The van der Waals surface area contributed by atoms with Gasteiger partial charge in [-0.3, -0.25) is 14.9 Å². The zero-order chi connectivity index (χ0) is 25.8. The first-order valence-electron chi connectivity index (χ1n) is 11.8. The van der Waals surface area contributed by atoms with Gasteiger partial charge < -0.3 is 14.8 Å². The van der Waals surface area contributed by atoms with Crippen molar-refractivity contribution in [3.63, 3.8) is 0 Å². The molecule has 0 spiro atoms. The lowest BCUT2D eigenvalue weighted by Gasteiger charge is -2.36. The highest BCUT2D eigenvalue weighted by Gasteiger charge is 2.41. The summed E-state index contributed by atoms with van der Waals surface area (Å²) in [4.78, 5) is 37.8. The molecule has 2 atom stereocenters. The second-order valence-corrected chi connectivity index (χ2v) is 9.19. The Kier molecular flexibility index (Phi) is 7.86. The number of halogens is 1. The van der Waals surface area contributed by atoms with Crippen LogP contribution in [-0.4, -0.2) is 36.5 Å². The van der Waals surface area contributed by atoms with Gasteiger partial charge in [0.05, 0.1) is 17.1 Å². The minimum atomic E-state index is -0.778. The lowest BCUT2D eigenvalue weighted by Crippen LogP contribution is -2.36. The molecule has 1 N–H and O–H groups in total. The van der Waals surface area contributed by atoms with Crippen molar-refractivity contribution in [1.29, 1.82) is 0 Å². The highest BCUT2D eigenvalue weighted by atomic mass is 35.5. The lowest BCUT2D eigenvalue weighted by atomic mass is 9.71. The third-order valence-electron chi connectivity index (χ3n) is 6.47. The van der Waals surface area contributed by atoms with E-state index in [4.69, 9.17) is 21.1 Å². The van der Waals surface area contributed by atoms with Gasteiger partial charge in [-0.2, -0.15) is 0 Å². The average Bonchev–Trinajstić information content (AvgIpc) is 2.86. The molecular formula is C27H27ClN2O6. The van der Waals surface area contributed by atoms with Gasteiger partial charge in [0.15, 0.2) is 5.78 Å². The van der Waals surface area contributed by atoms with Crippen LogP contribution in [0.2, 0.25) is 5.02 Å². The molecule has 0 bridgehead atoms. The highest BCUT2D eigenvalue weighted by Crippen LogP contribution is 2.46. The van der Waals surface area contributed by atoms with Crippen LogP contribution in [0.5, 0.6) is 0 Å². The van der Waals surface area contributed by atoms with Crippen molar-refractivity contribution in [3.8, 4) is 0 Å². The standard InChI is InChI=1S/C27H27ClN2O6/c1-3-35-11-12-36-27(32)24-16(2)29-22-14-19(17-7-9-20(28)10-8-17)15-23(31)26(22)25(24)18-5-4-6-21(13-18)30(33)34/h4-10,13,19,25,29H,3,11-12,14-15H2,1-2H3/t19-,25-/m1/s1. The molecule has 0 amide bonds. The maximum Gasteiger partial charge on any atom is 0.336 e. The van der Waals surface area contributed by atoms with E-state index in [1.807, 2.05) is 19.1 Å². The quantitative estimate of drug-likeness (QED) is 0.225. The number of ketones is 1. The molecule has 0 aromatic heterocycles.